The lowest BCUT2D eigenvalue weighted by molar-refractivity contribution is -0.437. The minimum atomic E-state index is -4.44. The standard InChI is InChI=1S/C26H26ClNO7S2/c1-16-10-13-21(37(27,33)34)17(2)23(16)35-25(29)24-26(3,4)22-19-9-6-5-8-18(19)11-12-20(22)28(24)14-7-15-36(30,31)32/h5-6,8-13H,7,14-15H2,1-4H3. The van der Waals surface area contributed by atoms with Crippen molar-refractivity contribution >= 4 is 58.0 Å². The molecule has 3 aromatic carbocycles. The van der Waals surface area contributed by atoms with E-state index < -0.39 is 36.3 Å². The number of benzene rings is 3. The van der Waals surface area contributed by atoms with Crippen molar-refractivity contribution in [3.63, 3.8) is 0 Å². The van der Waals surface area contributed by atoms with E-state index in [1.54, 1.807) is 11.5 Å². The maximum Gasteiger partial charge on any atom is 0.405 e. The molecule has 4 rings (SSSR count). The minimum Gasteiger partial charge on any atom is -0.748 e. The highest BCUT2D eigenvalue weighted by Crippen LogP contribution is 2.44. The molecule has 0 atom stereocenters. The smallest absolute Gasteiger partial charge is 0.405 e. The average Bonchev–Trinajstić information content (AvgIpc) is 3.01. The molecule has 0 amide bonds. The van der Waals surface area contributed by atoms with E-state index in [9.17, 15) is 26.2 Å². The summed E-state index contributed by atoms with van der Waals surface area (Å²) >= 11 is 0. The van der Waals surface area contributed by atoms with Gasteiger partial charge >= 0.3 is 5.97 Å². The predicted octanol–water partition coefficient (Wildman–Crippen LogP) is 4.30. The Morgan fingerprint density at radius 3 is 2.35 bits per heavy atom. The normalized spacial score (nSPS) is 15.2. The van der Waals surface area contributed by atoms with Gasteiger partial charge in [-0.05, 0) is 56.2 Å². The first kappa shape index (κ1) is 27.3. The van der Waals surface area contributed by atoms with Gasteiger partial charge in [0.25, 0.3) is 14.8 Å². The molecule has 0 saturated heterocycles. The van der Waals surface area contributed by atoms with Crippen LogP contribution in [0.4, 0.5) is 5.69 Å². The molecule has 0 saturated carbocycles. The fourth-order valence-electron chi connectivity index (χ4n) is 5.09. The summed E-state index contributed by atoms with van der Waals surface area (Å²) in [6, 6.07) is 14.4. The van der Waals surface area contributed by atoms with Crippen molar-refractivity contribution in [2.45, 2.75) is 44.4 Å². The van der Waals surface area contributed by atoms with Crippen molar-refractivity contribution in [3.8, 4) is 5.75 Å². The molecule has 0 spiro atoms. The van der Waals surface area contributed by atoms with Gasteiger partial charge < -0.3 is 9.29 Å². The highest BCUT2D eigenvalue weighted by Gasteiger charge is 2.51. The van der Waals surface area contributed by atoms with Gasteiger partial charge in [-0.1, -0.05) is 30.3 Å². The van der Waals surface area contributed by atoms with Gasteiger partial charge in [0.2, 0.25) is 5.69 Å². The molecule has 1 aliphatic heterocycles. The largest absolute Gasteiger partial charge is 0.748 e. The molecule has 0 N–H and O–H groups in total. The van der Waals surface area contributed by atoms with E-state index in [1.807, 2.05) is 50.2 Å². The molecule has 0 fully saturated rings. The van der Waals surface area contributed by atoms with Crippen LogP contribution in [0.3, 0.4) is 0 Å². The summed E-state index contributed by atoms with van der Waals surface area (Å²) in [5, 5.41) is 1.90. The van der Waals surface area contributed by atoms with Crippen LogP contribution in [0.2, 0.25) is 0 Å². The molecule has 0 unspecified atom stereocenters. The molecule has 37 heavy (non-hydrogen) atoms. The van der Waals surface area contributed by atoms with E-state index in [4.69, 9.17) is 15.4 Å². The van der Waals surface area contributed by atoms with Crippen molar-refractivity contribution in [2.75, 3.05) is 12.3 Å². The maximum absolute atomic E-state index is 13.8. The number of aryl methyl sites for hydroxylation is 1. The van der Waals surface area contributed by atoms with Crippen molar-refractivity contribution in [2.24, 2.45) is 0 Å². The summed E-state index contributed by atoms with van der Waals surface area (Å²) in [6.45, 7) is 7.03. The zero-order valence-electron chi connectivity index (χ0n) is 20.7. The predicted molar refractivity (Wildman–Crippen MR) is 141 cm³/mol. The van der Waals surface area contributed by atoms with Crippen LogP contribution in [0.25, 0.3) is 10.8 Å². The van der Waals surface area contributed by atoms with Crippen LogP contribution in [0.5, 0.6) is 5.75 Å². The van der Waals surface area contributed by atoms with Crippen molar-refractivity contribution in [3.05, 3.63) is 65.2 Å². The second-order valence-electron chi connectivity index (χ2n) is 9.58. The summed E-state index contributed by atoms with van der Waals surface area (Å²) in [7, 11) is -2.95. The number of ether oxygens (including phenoxy) is 1. The molecule has 8 nitrogen and oxygen atoms in total. The molecular formula is C26H26ClNO7S2. The van der Waals surface area contributed by atoms with Gasteiger partial charge in [-0.15, -0.1) is 0 Å². The molecule has 0 aromatic heterocycles. The van der Waals surface area contributed by atoms with Crippen LogP contribution >= 0.6 is 10.7 Å². The number of esters is 1. The van der Waals surface area contributed by atoms with E-state index in [0.717, 1.165) is 16.3 Å². The molecule has 196 valence electrons. The van der Waals surface area contributed by atoms with Crippen molar-refractivity contribution in [1.82, 2.24) is 0 Å². The number of hydrogen-bond acceptors (Lipinski definition) is 7. The quantitative estimate of drug-likeness (QED) is 0.138. The summed E-state index contributed by atoms with van der Waals surface area (Å²) in [4.78, 5) is 13.6. The molecule has 3 aromatic rings. The van der Waals surface area contributed by atoms with Crippen LogP contribution in [-0.2, 0) is 29.4 Å². The second-order valence-corrected chi connectivity index (χ2v) is 13.6. The molecular weight excluding hydrogens is 538 g/mol. The number of halogens is 1. The molecule has 11 heteroatoms. The second kappa shape index (κ2) is 9.50. The van der Waals surface area contributed by atoms with Gasteiger partial charge in [0.05, 0.1) is 20.4 Å². The summed E-state index contributed by atoms with van der Waals surface area (Å²) in [5.74, 6) is -1.22. The van der Waals surface area contributed by atoms with Gasteiger partial charge in [0.1, 0.15) is 5.75 Å². The third-order valence-corrected chi connectivity index (χ3v) is 8.92. The summed E-state index contributed by atoms with van der Waals surface area (Å²) < 4.78 is 65.4. The Morgan fingerprint density at radius 2 is 1.70 bits per heavy atom. The first-order valence-electron chi connectivity index (χ1n) is 11.5. The number of hydrogen-bond donors (Lipinski definition) is 0. The Labute approximate surface area is 220 Å². The van der Waals surface area contributed by atoms with Gasteiger partial charge in [-0.2, -0.15) is 4.58 Å². The lowest BCUT2D eigenvalue weighted by Gasteiger charge is -2.19. The molecule has 0 radical (unpaired) electrons. The lowest BCUT2D eigenvalue weighted by Crippen LogP contribution is -2.39. The highest BCUT2D eigenvalue weighted by atomic mass is 35.7. The summed E-state index contributed by atoms with van der Waals surface area (Å²) in [5.41, 5.74) is 1.71. The topological polar surface area (TPSA) is 121 Å². The maximum atomic E-state index is 13.8. The number of carbonyl (C=O) groups is 1. The number of fused-ring (bicyclic) bond motifs is 3. The third-order valence-electron chi connectivity index (χ3n) is 6.66. The Kier molecular flexibility index (Phi) is 7.00. The van der Waals surface area contributed by atoms with Crippen molar-refractivity contribution in [1.29, 1.82) is 0 Å². The van der Waals surface area contributed by atoms with Crippen LogP contribution < -0.4 is 4.74 Å². The first-order chi connectivity index (χ1) is 17.1. The van der Waals surface area contributed by atoms with E-state index >= 15 is 0 Å². The Morgan fingerprint density at radius 1 is 1.03 bits per heavy atom. The van der Waals surface area contributed by atoms with Gasteiger partial charge in [0, 0.05) is 40.0 Å². The van der Waals surface area contributed by atoms with Gasteiger partial charge in [0.15, 0.2) is 6.54 Å². The molecule has 0 bridgehead atoms. The average molecular weight is 564 g/mol. The van der Waals surface area contributed by atoms with Crippen LogP contribution in [0, 0.1) is 13.8 Å². The fraction of sp³-hybridized carbons (Fsp3) is 0.308. The highest BCUT2D eigenvalue weighted by molar-refractivity contribution is 8.13. The number of rotatable bonds is 7. The Balaban J connectivity index is 1.86. The van der Waals surface area contributed by atoms with E-state index in [-0.39, 0.29) is 34.9 Å². The van der Waals surface area contributed by atoms with Gasteiger partial charge in [-0.3, -0.25) is 0 Å². The summed E-state index contributed by atoms with van der Waals surface area (Å²) in [6.07, 6.45) is 0.00297. The number of carbonyl (C=O) groups excluding carboxylic acids is 1. The molecule has 1 heterocycles. The van der Waals surface area contributed by atoms with E-state index in [2.05, 4.69) is 0 Å². The van der Waals surface area contributed by atoms with Crippen LogP contribution in [-0.4, -0.2) is 49.9 Å². The minimum absolute atomic E-state index is 0.00297. The Bertz CT molecular complexity index is 1690. The first-order valence-corrected chi connectivity index (χ1v) is 15.4. The SMILES string of the molecule is Cc1ccc(S(=O)(=O)Cl)c(C)c1OC(=O)C1=[N+](CCCS(=O)(=O)[O-])c2ccc3ccccc3c2C1(C)C. The zero-order chi connectivity index (χ0) is 27.3. The monoisotopic (exact) mass is 563 g/mol. The van der Waals surface area contributed by atoms with Crippen molar-refractivity contribution < 1.29 is 35.5 Å². The third kappa shape index (κ3) is 5.16. The lowest BCUT2D eigenvalue weighted by atomic mass is 9.79. The zero-order valence-corrected chi connectivity index (χ0v) is 23.1. The van der Waals surface area contributed by atoms with Crippen LogP contribution in [0.1, 0.15) is 37.0 Å². The van der Waals surface area contributed by atoms with Gasteiger partial charge in [-0.25, -0.2) is 21.6 Å². The molecule has 1 aliphatic rings. The Hall–Kier alpha value is -2.79. The molecule has 0 aliphatic carbocycles. The van der Waals surface area contributed by atoms with Crippen LogP contribution in [0.15, 0.2) is 53.4 Å². The fourth-order valence-corrected chi connectivity index (χ4v) is 6.76. The van der Waals surface area contributed by atoms with E-state index in [0.29, 0.717) is 11.3 Å². The number of nitrogens with zero attached hydrogens (tertiary/aromatic N) is 1. The van der Waals surface area contributed by atoms with E-state index in [1.165, 1.54) is 19.1 Å².